The van der Waals surface area contributed by atoms with Gasteiger partial charge in [0, 0.05) is 48.8 Å². The second-order valence-electron chi connectivity index (χ2n) is 9.90. The first-order chi connectivity index (χ1) is 17.1. The fraction of sp³-hybridized carbons (Fsp3) is 0.440. The van der Waals surface area contributed by atoms with Crippen LogP contribution in [-0.4, -0.2) is 50.5 Å². The minimum Gasteiger partial charge on any atom is -0.356 e. The smallest absolute Gasteiger partial charge is 0.356 e. The summed E-state index contributed by atoms with van der Waals surface area (Å²) in [5.41, 5.74) is -0.107. The number of halogens is 3. The molecule has 1 atom stereocenters. The van der Waals surface area contributed by atoms with Gasteiger partial charge in [0.25, 0.3) is 5.91 Å². The Bertz CT molecular complexity index is 1250. The molecule has 5 heterocycles. The molecule has 1 amide bonds. The summed E-state index contributed by atoms with van der Waals surface area (Å²) < 4.78 is 42.0. The van der Waals surface area contributed by atoms with E-state index in [9.17, 15) is 18.0 Å². The maximum absolute atomic E-state index is 14.0. The Balaban J connectivity index is 1.50. The molecule has 0 bridgehead atoms. The highest BCUT2D eigenvalue weighted by Crippen LogP contribution is 2.39. The molecule has 0 aromatic carbocycles. The lowest BCUT2D eigenvalue weighted by molar-refractivity contribution is -0.137. The summed E-state index contributed by atoms with van der Waals surface area (Å²) in [5.74, 6) is 0.305. The van der Waals surface area contributed by atoms with E-state index < -0.39 is 11.7 Å². The third kappa shape index (κ3) is 4.79. The summed E-state index contributed by atoms with van der Waals surface area (Å²) in [5, 5.41) is 6.61. The van der Waals surface area contributed by atoms with Gasteiger partial charge >= 0.3 is 6.18 Å². The quantitative estimate of drug-likeness (QED) is 0.492. The zero-order chi connectivity index (χ0) is 25.5. The largest absolute Gasteiger partial charge is 0.419 e. The molecule has 190 valence electrons. The van der Waals surface area contributed by atoms with E-state index in [1.165, 1.54) is 6.20 Å². The molecule has 0 radical (unpaired) electrons. The lowest BCUT2D eigenvalue weighted by Gasteiger charge is -2.36. The molecule has 11 heteroatoms. The second kappa shape index (κ2) is 9.20. The zero-order valence-electron chi connectivity index (χ0n) is 20.1. The lowest BCUT2D eigenvalue weighted by atomic mass is 9.91. The van der Waals surface area contributed by atoms with Crippen LogP contribution in [-0.2, 0) is 12.6 Å². The van der Waals surface area contributed by atoms with Gasteiger partial charge in [-0.2, -0.15) is 13.2 Å². The van der Waals surface area contributed by atoms with Crippen molar-refractivity contribution in [2.75, 3.05) is 23.3 Å². The predicted molar refractivity (Wildman–Crippen MR) is 130 cm³/mol. The molecular weight excluding hydrogens is 471 g/mol. The number of amides is 1. The minimum absolute atomic E-state index is 0.000500. The fourth-order valence-corrected chi connectivity index (χ4v) is 4.79. The van der Waals surface area contributed by atoms with E-state index in [-0.39, 0.29) is 40.4 Å². The first kappa shape index (κ1) is 24.2. The standard InChI is InChI=1S/C25H28F3N7O/c1-24(2)9-8-15(12-32-24)33-23-31-14-18(25(26,27)28)20(34-23)17-13-30-21-16(17)6-5-11-35(22(21)36)19-7-3-4-10-29-19/h3-4,7,10,13-15,30,32H,5-6,8-9,11-12H2,1-2H3,(H,31,33,34)/t15-/m0/s1. The molecule has 2 aliphatic heterocycles. The summed E-state index contributed by atoms with van der Waals surface area (Å²) in [7, 11) is 0. The molecule has 5 rings (SSSR count). The second-order valence-corrected chi connectivity index (χ2v) is 9.90. The Morgan fingerprint density at radius 1 is 1.22 bits per heavy atom. The molecule has 0 aliphatic carbocycles. The Kier molecular flexibility index (Phi) is 6.19. The number of nitrogens with one attached hydrogen (secondary N) is 3. The average Bonchev–Trinajstić information content (AvgIpc) is 3.19. The molecule has 3 N–H and O–H groups in total. The molecule has 3 aromatic heterocycles. The highest BCUT2D eigenvalue weighted by Gasteiger charge is 2.38. The fourth-order valence-electron chi connectivity index (χ4n) is 4.79. The predicted octanol–water partition coefficient (Wildman–Crippen LogP) is 4.42. The molecule has 3 aromatic rings. The third-order valence-corrected chi connectivity index (χ3v) is 6.81. The van der Waals surface area contributed by atoms with E-state index in [1.807, 2.05) is 0 Å². The number of carbonyl (C=O) groups is 1. The monoisotopic (exact) mass is 499 g/mol. The number of pyridine rings is 1. The molecular formula is C25H28F3N7O. The first-order valence-corrected chi connectivity index (χ1v) is 12.0. The van der Waals surface area contributed by atoms with Gasteiger partial charge in [0.05, 0.1) is 5.69 Å². The molecule has 0 spiro atoms. The van der Waals surface area contributed by atoms with Gasteiger partial charge in [-0.15, -0.1) is 0 Å². The van der Waals surface area contributed by atoms with Gasteiger partial charge in [-0.05, 0) is 57.2 Å². The van der Waals surface area contributed by atoms with Crippen LogP contribution in [0, 0.1) is 0 Å². The zero-order valence-corrected chi connectivity index (χ0v) is 20.1. The Hall–Kier alpha value is -3.47. The summed E-state index contributed by atoms with van der Waals surface area (Å²) >= 11 is 0. The van der Waals surface area contributed by atoms with Crippen LogP contribution < -0.4 is 15.5 Å². The van der Waals surface area contributed by atoms with Crippen LogP contribution in [0.3, 0.4) is 0 Å². The van der Waals surface area contributed by atoms with Gasteiger partial charge < -0.3 is 15.6 Å². The van der Waals surface area contributed by atoms with Crippen LogP contribution in [0.4, 0.5) is 24.9 Å². The summed E-state index contributed by atoms with van der Waals surface area (Å²) in [6.45, 7) is 5.30. The summed E-state index contributed by atoms with van der Waals surface area (Å²) in [6, 6.07) is 5.28. The van der Waals surface area contributed by atoms with Crippen molar-refractivity contribution >= 4 is 17.7 Å². The number of anilines is 2. The van der Waals surface area contributed by atoms with Crippen LogP contribution >= 0.6 is 0 Å². The first-order valence-electron chi connectivity index (χ1n) is 12.0. The van der Waals surface area contributed by atoms with Crippen LogP contribution in [0.2, 0.25) is 0 Å². The van der Waals surface area contributed by atoms with Gasteiger partial charge in [0.15, 0.2) is 0 Å². The Labute approximate surface area is 206 Å². The summed E-state index contributed by atoms with van der Waals surface area (Å²) in [4.78, 5) is 30.4. The number of alkyl halides is 3. The number of aromatic amines is 1. The number of aromatic nitrogens is 4. The maximum atomic E-state index is 14.0. The number of fused-ring (bicyclic) bond motifs is 1. The number of carbonyl (C=O) groups excluding carboxylic acids is 1. The van der Waals surface area contributed by atoms with E-state index in [1.54, 1.807) is 29.3 Å². The average molecular weight is 500 g/mol. The molecule has 8 nitrogen and oxygen atoms in total. The van der Waals surface area contributed by atoms with Crippen molar-refractivity contribution in [1.82, 2.24) is 25.3 Å². The van der Waals surface area contributed by atoms with Crippen molar-refractivity contribution in [2.45, 2.75) is 57.3 Å². The van der Waals surface area contributed by atoms with E-state index in [4.69, 9.17) is 0 Å². The number of nitrogens with zero attached hydrogens (tertiary/aromatic N) is 4. The number of hydrogen-bond acceptors (Lipinski definition) is 6. The Morgan fingerprint density at radius 3 is 2.75 bits per heavy atom. The number of H-pyrrole nitrogens is 1. The molecule has 2 aliphatic rings. The molecule has 36 heavy (non-hydrogen) atoms. The van der Waals surface area contributed by atoms with Crippen molar-refractivity contribution in [3.05, 3.63) is 53.6 Å². The number of rotatable bonds is 4. The van der Waals surface area contributed by atoms with E-state index in [0.717, 1.165) is 19.0 Å². The SMILES string of the molecule is CC1(C)CC[C@H](Nc2ncc(C(F)(F)F)c(-c3c[nH]c4c3CCCN(c3ccccn3)C4=O)n2)CN1. The highest BCUT2D eigenvalue weighted by atomic mass is 19.4. The topological polar surface area (TPSA) is 98.8 Å². The third-order valence-electron chi connectivity index (χ3n) is 6.81. The Morgan fingerprint density at radius 2 is 2.06 bits per heavy atom. The van der Waals surface area contributed by atoms with Crippen LogP contribution in [0.1, 0.15) is 54.7 Å². The normalized spacial score (nSPS) is 20.1. The summed E-state index contributed by atoms with van der Waals surface area (Å²) in [6.07, 6.45) is 1.97. The number of hydrogen-bond donors (Lipinski definition) is 3. The van der Waals surface area contributed by atoms with E-state index in [0.29, 0.717) is 37.3 Å². The van der Waals surface area contributed by atoms with Crippen LogP contribution in [0.5, 0.6) is 0 Å². The van der Waals surface area contributed by atoms with Crippen molar-refractivity contribution in [1.29, 1.82) is 0 Å². The molecule has 1 saturated heterocycles. The number of piperidine rings is 1. The van der Waals surface area contributed by atoms with E-state index >= 15 is 0 Å². The maximum Gasteiger partial charge on any atom is 0.419 e. The lowest BCUT2D eigenvalue weighted by Crippen LogP contribution is -2.50. The minimum atomic E-state index is -4.65. The highest BCUT2D eigenvalue weighted by molar-refractivity contribution is 6.06. The van der Waals surface area contributed by atoms with Crippen LogP contribution in [0.15, 0.2) is 36.8 Å². The van der Waals surface area contributed by atoms with Gasteiger partial charge in [-0.25, -0.2) is 15.0 Å². The van der Waals surface area contributed by atoms with Gasteiger partial charge in [-0.1, -0.05) is 6.07 Å². The van der Waals surface area contributed by atoms with Crippen molar-refractivity contribution in [3.63, 3.8) is 0 Å². The van der Waals surface area contributed by atoms with Gasteiger partial charge in [0.1, 0.15) is 17.1 Å². The molecule has 1 fully saturated rings. The van der Waals surface area contributed by atoms with Gasteiger partial charge in [0.2, 0.25) is 5.95 Å². The molecule has 0 saturated carbocycles. The molecule has 0 unspecified atom stereocenters. The van der Waals surface area contributed by atoms with Gasteiger partial charge in [-0.3, -0.25) is 9.69 Å². The van der Waals surface area contributed by atoms with E-state index in [2.05, 4.69) is 44.4 Å². The van der Waals surface area contributed by atoms with Crippen molar-refractivity contribution in [2.24, 2.45) is 0 Å². The van der Waals surface area contributed by atoms with Crippen LogP contribution in [0.25, 0.3) is 11.3 Å². The van der Waals surface area contributed by atoms with Crippen molar-refractivity contribution in [3.8, 4) is 11.3 Å². The van der Waals surface area contributed by atoms with Crippen molar-refractivity contribution < 1.29 is 18.0 Å².